The van der Waals surface area contributed by atoms with Crippen LogP contribution in [-0.4, -0.2) is 10.9 Å². The van der Waals surface area contributed by atoms with Crippen LogP contribution in [0.1, 0.15) is 25.5 Å². The molecular formula is C15H17N3O2. The molecule has 0 saturated heterocycles. The van der Waals surface area contributed by atoms with Gasteiger partial charge in [-0.1, -0.05) is 18.2 Å². The lowest BCUT2D eigenvalue weighted by molar-refractivity contribution is -0.114. The van der Waals surface area contributed by atoms with Gasteiger partial charge in [0.05, 0.1) is 5.69 Å². The van der Waals surface area contributed by atoms with Gasteiger partial charge in [-0.25, -0.2) is 4.98 Å². The number of carbonyl (C=O) groups excluding carboxylic acids is 1. The molecule has 0 fully saturated rings. The summed E-state index contributed by atoms with van der Waals surface area (Å²) in [6.45, 7) is 3.31. The Hall–Kier alpha value is -2.40. The molecule has 0 unspecified atom stereocenters. The molecule has 2 aromatic rings. The average Bonchev–Trinajstić information content (AvgIpc) is 2.41. The fourth-order valence-corrected chi connectivity index (χ4v) is 1.79. The van der Waals surface area contributed by atoms with E-state index in [1.54, 1.807) is 18.3 Å². The Bertz CT molecular complexity index is 612. The normalized spacial score (nSPS) is 11.8. The summed E-state index contributed by atoms with van der Waals surface area (Å²) in [7, 11) is 0. The van der Waals surface area contributed by atoms with E-state index in [0.29, 0.717) is 17.3 Å². The quantitative estimate of drug-likeness (QED) is 0.896. The maximum Gasteiger partial charge on any atom is 0.224 e. The van der Waals surface area contributed by atoms with Gasteiger partial charge in [-0.2, -0.15) is 0 Å². The zero-order chi connectivity index (χ0) is 14.5. The number of rotatable bonds is 4. The summed E-state index contributed by atoms with van der Waals surface area (Å²) in [6, 6.07) is 10.7. The Morgan fingerprint density at radius 2 is 2.05 bits per heavy atom. The van der Waals surface area contributed by atoms with Crippen LogP contribution in [0.25, 0.3) is 0 Å². The van der Waals surface area contributed by atoms with Crippen molar-refractivity contribution in [3.8, 4) is 11.6 Å². The number of amides is 1. The number of benzene rings is 1. The van der Waals surface area contributed by atoms with Crippen molar-refractivity contribution in [3.63, 3.8) is 0 Å². The summed E-state index contributed by atoms with van der Waals surface area (Å²) in [5.74, 6) is 0.818. The topological polar surface area (TPSA) is 77.2 Å². The summed E-state index contributed by atoms with van der Waals surface area (Å²) in [4.78, 5) is 15.4. The molecule has 104 valence electrons. The van der Waals surface area contributed by atoms with Crippen molar-refractivity contribution in [1.29, 1.82) is 0 Å². The van der Waals surface area contributed by atoms with E-state index < -0.39 is 0 Å². The molecule has 5 nitrogen and oxygen atoms in total. The monoisotopic (exact) mass is 271 g/mol. The number of carbonyl (C=O) groups is 1. The smallest absolute Gasteiger partial charge is 0.224 e. The fraction of sp³-hybridized carbons (Fsp3) is 0.200. The van der Waals surface area contributed by atoms with E-state index in [0.717, 1.165) is 5.56 Å². The second-order valence-corrected chi connectivity index (χ2v) is 4.47. The van der Waals surface area contributed by atoms with E-state index in [4.69, 9.17) is 10.5 Å². The number of nitrogens with one attached hydrogen (secondary N) is 1. The molecule has 1 aromatic carbocycles. The van der Waals surface area contributed by atoms with E-state index in [9.17, 15) is 4.79 Å². The van der Waals surface area contributed by atoms with Crippen molar-refractivity contribution in [2.45, 2.75) is 19.9 Å². The van der Waals surface area contributed by atoms with Gasteiger partial charge < -0.3 is 15.8 Å². The molecule has 1 heterocycles. The van der Waals surface area contributed by atoms with Gasteiger partial charge in [-0.05, 0) is 25.1 Å². The largest absolute Gasteiger partial charge is 0.436 e. The maximum absolute atomic E-state index is 11.2. The predicted octanol–water partition coefficient (Wildman–Crippen LogP) is 2.85. The van der Waals surface area contributed by atoms with Crippen LogP contribution >= 0.6 is 0 Å². The molecular weight excluding hydrogens is 254 g/mol. The molecule has 5 heteroatoms. The highest BCUT2D eigenvalue weighted by Gasteiger charge is 2.12. The van der Waals surface area contributed by atoms with Crippen LogP contribution in [0.3, 0.4) is 0 Å². The Morgan fingerprint density at radius 3 is 2.75 bits per heavy atom. The molecule has 0 aliphatic heterocycles. The zero-order valence-electron chi connectivity index (χ0n) is 11.5. The molecule has 0 spiro atoms. The van der Waals surface area contributed by atoms with E-state index in [2.05, 4.69) is 10.3 Å². The summed E-state index contributed by atoms with van der Waals surface area (Å²) in [6.07, 6.45) is 1.64. The standard InChI is InChI=1S/C15H17N3O2/c1-10(16)12-6-5-9-17-15(12)20-14-8-4-3-7-13(14)18-11(2)19/h3-10H,16H2,1-2H3,(H,18,19)/t10-/m0/s1. The van der Waals surface area contributed by atoms with Crippen molar-refractivity contribution >= 4 is 11.6 Å². The van der Waals surface area contributed by atoms with E-state index in [1.165, 1.54) is 6.92 Å². The van der Waals surface area contributed by atoms with Crippen LogP contribution < -0.4 is 15.8 Å². The number of anilines is 1. The van der Waals surface area contributed by atoms with Crippen LogP contribution in [0.15, 0.2) is 42.6 Å². The van der Waals surface area contributed by atoms with Crippen LogP contribution in [0, 0.1) is 0 Å². The molecule has 3 N–H and O–H groups in total. The number of nitrogens with zero attached hydrogens (tertiary/aromatic N) is 1. The SMILES string of the molecule is CC(=O)Nc1ccccc1Oc1ncccc1[C@H](C)N. The molecule has 0 saturated carbocycles. The molecule has 0 aliphatic carbocycles. The highest BCUT2D eigenvalue weighted by atomic mass is 16.5. The lowest BCUT2D eigenvalue weighted by atomic mass is 10.1. The van der Waals surface area contributed by atoms with Crippen LogP contribution in [0.5, 0.6) is 11.6 Å². The Morgan fingerprint density at radius 1 is 1.30 bits per heavy atom. The minimum absolute atomic E-state index is 0.158. The lowest BCUT2D eigenvalue weighted by Gasteiger charge is -2.14. The number of para-hydroxylation sites is 2. The van der Waals surface area contributed by atoms with E-state index in [1.807, 2.05) is 31.2 Å². The molecule has 0 radical (unpaired) electrons. The van der Waals surface area contributed by atoms with Gasteiger partial charge in [0.25, 0.3) is 0 Å². The van der Waals surface area contributed by atoms with E-state index >= 15 is 0 Å². The van der Waals surface area contributed by atoms with Crippen molar-refractivity contribution in [1.82, 2.24) is 4.98 Å². The Balaban J connectivity index is 2.33. The number of hydrogen-bond acceptors (Lipinski definition) is 4. The molecule has 1 aromatic heterocycles. The first-order chi connectivity index (χ1) is 9.58. The molecule has 1 amide bonds. The minimum Gasteiger partial charge on any atom is -0.436 e. The number of pyridine rings is 1. The van der Waals surface area contributed by atoms with Gasteiger partial charge >= 0.3 is 0 Å². The van der Waals surface area contributed by atoms with Crippen molar-refractivity contribution in [2.75, 3.05) is 5.32 Å². The summed E-state index contributed by atoms with van der Waals surface area (Å²) >= 11 is 0. The fourth-order valence-electron chi connectivity index (χ4n) is 1.79. The molecule has 0 aliphatic rings. The predicted molar refractivity (Wildman–Crippen MR) is 77.7 cm³/mol. The van der Waals surface area contributed by atoms with Crippen LogP contribution in [-0.2, 0) is 4.79 Å². The molecule has 0 bridgehead atoms. The number of aromatic nitrogens is 1. The Labute approximate surface area is 117 Å². The third-order valence-corrected chi connectivity index (χ3v) is 2.70. The number of hydrogen-bond donors (Lipinski definition) is 2. The molecule has 20 heavy (non-hydrogen) atoms. The first-order valence-corrected chi connectivity index (χ1v) is 6.33. The zero-order valence-corrected chi connectivity index (χ0v) is 11.5. The summed E-state index contributed by atoms with van der Waals surface area (Å²) in [5.41, 5.74) is 7.31. The second-order valence-electron chi connectivity index (χ2n) is 4.47. The van der Waals surface area contributed by atoms with Gasteiger partial charge in [0.15, 0.2) is 5.75 Å². The minimum atomic E-state index is -0.188. The summed E-state index contributed by atoms with van der Waals surface area (Å²) < 4.78 is 5.80. The maximum atomic E-state index is 11.2. The van der Waals surface area contributed by atoms with Gasteiger partial charge in [0.2, 0.25) is 11.8 Å². The second kappa shape index (κ2) is 6.16. The number of ether oxygens (including phenoxy) is 1. The van der Waals surface area contributed by atoms with Gasteiger partial charge in [-0.3, -0.25) is 4.79 Å². The van der Waals surface area contributed by atoms with Gasteiger partial charge in [-0.15, -0.1) is 0 Å². The summed E-state index contributed by atoms with van der Waals surface area (Å²) in [5, 5.41) is 2.72. The molecule has 2 rings (SSSR count). The van der Waals surface area contributed by atoms with Crippen molar-refractivity contribution in [3.05, 3.63) is 48.2 Å². The van der Waals surface area contributed by atoms with Crippen molar-refractivity contribution in [2.24, 2.45) is 5.73 Å². The molecule has 1 atom stereocenters. The third kappa shape index (κ3) is 3.33. The van der Waals surface area contributed by atoms with Crippen molar-refractivity contribution < 1.29 is 9.53 Å². The van der Waals surface area contributed by atoms with Gasteiger partial charge in [0.1, 0.15) is 0 Å². The van der Waals surface area contributed by atoms with Crippen LogP contribution in [0.4, 0.5) is 5.69 Å². The first kappa shape index (κ1) is 14.0. The highest BCUT2D eigenvalue weighted by Crippen LogP contribution is 2.31. The third-order valence-electron chi connectivity index (χ3n) is 2.70. The Kier molecular flexibility index (Phi) is 4.32. The average molecular weight is 271 g/mol. The lowest BCUT2D eigenvalue weighted by Crippen LogP contribution is -2.09. The first-order valence-electron chi connectivity index (χ1n) is 6.33. The van der Waals surface area contributed by atoms with Gasteiger partial charge in [0, 0.05) is 24.7 Å². The van der Waals surface area contributed by atoms with Crippen LogP contribution in [0.2, 0.25) is 0 Å². The number of nitrogens with two attached hydrogens (primary N) is 1. The van der Waals surface area contributed by atoms with E-state index in [-0.39, 0.29) is 11.9 Å². The highest BCUT2D eigenvalue weighted by molar-refractivity contribution is 5.90.